The quantitative estimate of drug-likeness (QED) is 0.322. The van der Waals surface area contributed by atoms with Gasteiger partial charge in [-0.15, -0.1) is 12.4 Å². The van der Waals surface area contributed by atoms with Crippen LogP contribution in [0, 0.1) is 0 Å². The Hall–Kier alpha value is 0.0500. The van der Waals surface area contributed by atoms with Crippen molar-refractivity contribution in [3.63, 3.8) is 0 Å². The summed E-state index contributed by atoms with van der Waals surface area (Å²) >= 11 is 0. The Morgan fingerprint density at radius 2 is 1.69 bits per heavy atom. The van der Waals surface area contributed by atoms with E-state index in [-0.39, 0.29) is 12.4 Å². The molecule has 0 amide bonds. The van der Waals surface area contributed by atoms with E-state index in [0.29, 0.717) is 0 Å². The van der Waals surface area contributed by atoms with Crippen molar-refractivity contribution < 1.29 is 25.2 Å². The van der Waals surface area contributed by atoms with Crippen LogP contribution >= 0.6 is 12.4 Å². The average Bonchev–Trinajstić information content (AvgIpc) is 2.08. The summed E-state index contributed by atoms with van der Waals surface area (Å²) in [6, 6.07) is -0.995. The highest BCUT2D eigenvalue weighted by Gasteiger charge is 2.41. The molecular formula is C6H14ClNO5. The second-order valence-electron chi connectivity index (χ2n) is 2.81. The minimum Gasteiger partial charge on any atom is -0.394 e. The molecule has 0 radical (unpaired) electrons. The number of rotatable bonds is 1. The summed E-state index contributed by atoms with van der Waals surface area (Å²) in [5.41, 5.74) is 5.33. The maximum Gasteiger partial charge on any atom is 0.183 e. The Labute approximate surface area is 81.3 Å². The van der Waals surface area contributed by atoms with Crippen molar-refractivity contribution >= 4 is 12.4 Å². The van der Waals surface area contributed by atoms with Gasteiger partial charge in [-0.2, -0.15) is 0 Å². The van der Waals surface area contributed by atoms with Crippen molar-refractivity contribution in [3.05, 3.63) is 0 Å². The molecule has 0 aromatic heterocycles. The van der Waals surface area contributed by atoms with E-state index in [1.54, 1.807) is 0 Å². The highest BCUT2D eigenvalue weighted by Crippen LogP contribution is 2.17. The van der Waals surface area contributed by atoms with Gasteiger partial charge in [0.2, 0.25) is 0 Å². The molecule has 1 aliphatic heterocycles. The minimum absolute atomic E-state index is 0. The van der Waals surface area contributed by atoms with Crippen molar-refractivity contribution in [1.29, 1.82) is 0 Å². The molecule has 0 aromatic rings. The number of aliphatic hydroxyl groups is 4. The fourth-order valence-corrected chi connectivity index (χ4v) is 1.13. The first-order valence-corrected chi connectivity index (χ1v) is 3.64. The predicted octanol–water partition coefficient (Wildman–Crippen LogP) is -2.83. The van der Waals surface area contributed by atoms with Crippen LogP contribution in [0.3, 0.4) is 0 Å². The summed E-state index contributed by atoms with van der Waals surface area (Å²) in [5.74, 6) is 0. The molecule has 1 heterocycles. The number of hydrogen-bond acceptors (Lipinski definition) is 6. The van der Waals surface area contributed by atoms with Crippen LogP contribution in [0.5, 0.6) is 0 Å². The SMILES string of the molecule is Cl.N[C@H]1C(O)[C@H](O)OC(CO)[C@H]1O. The second-order valence-corrected chi connectivity index (χ2v) is 2.81. The summed E-state index contributed by atoms with van der Waals surface area (Å²) in [4.78, 5) is 0. The van der Waals surface area contributed by atoms with Gasteiger partial charge in [0, 0.05) is 0 Å². The lowest BCUT2D eigenvalue weighted by atomic mass is 9.97. The Bertz CT molecular complexity index is 155. The summed E-state index contributed by atoms with van der Waals surface area (Å²) in [6.07, 6.45) is -4.85. The van der Waals surface area contributed by atoms with Gasteiger partial charge in [0.15, 0.2) is 6.29 Å². The topological polar surface area (TPSA) is 116 Å². The zero-order valence-electron chi connectivity index (χ0n) is 6.78. The van der Waals surface area contributed by atoms with Crippen molar-refractivity contribution in [1.82, 2.24) is 0 Å². The lowest BCUT2D eigenvalue weighted by molar-refractivity contribution is -0.258. The normalized spacial score (nSPS) is 45.5. The summed E-state index contributed by atoms with van der Waals surface area (Å²) in [6.45, 7) is -0.446. The molecular weight excluding hydrogens is 202 g/mol. The maximum absolute atomic E-state index is 9.24. The minimum atomic E-state index is -1.44. The van der Waals surface area contributed by atoms with E-state index in [9.17, 15) is 5.11 Å². The van der Waals surface area contributed by atoms with E-state index in [1.807, 2.05) is 0 Å². The van der Waals surface area contributed by atoms with Crippen LogP contribution < -0.4 is 5.73 Å². The molecule has 0 aromatic carbocycles. The molecule has 13 heavy (non-hydrogen) atoms. The van der Waals surface area contributed by atoms with Crippen molar-refractivity contribution in [2.75, 3.05) is 6.61 Å². The molecule has 2 unspecified atom stereocenters. The van der Waals surface area contributed by atoms with E-state index in [0.717, 1.165) is 0 Å². The molecule has 1 aliphatic rings. The van der Waals surface area contributed by atoms with E-state index in [1.165, 1.54) is 0 Å². The third kappa shape index (κ3) is 2.50. The maximum atomic E-state index is 9.24. The Balaban J connectivity index is 0.00000144. The van der Waals surface area contributed by atoms with Gasteiger partial charge in [-0.05, 0) is 0 Å². The monoisotopic (exact) mass is 215 g/mol. The van der Waals surface area contributed by atoms with Crippen LogP contribution in [0.4, 0.5) is 0 Å². The zero-order chi connectivity index (χ0) is 9.30. The fraction of sp³-hybridized carbons (Fsp3) is 1.00. The van der Waals surface area contributed by atoms with Crippen LogP contribution in [-0.4, -0.2) is 57.7 Å². The largest absolute Gasteiger partial charge is 0.394 e. The molecule has 0 saturated carbocycles. The smallest absolute Gasteiger partial charge is 0.183 e. The highest BCUT2D eigenvalue weighted by atomic mass is 35.5. The third-order valence-corrected chi connectivity index (χ3v) is 1.96. The first-order chi connectivity index (χ1) is 5.57. The highest BCUT2D eigenvalue weighted by molar-refractivity contribution is 5.85. The number of halogens is 1. The molecule has 1 rings (SSSR count). The first-order valence-electron chi connectivity index (χ1n) is 3.64. The molecule has 7 heteroatoms. The van der Waals surface area contributed by atoms with Crippen molar-refractivity contribution in [3.8, 4) is 0 Å². The number of aliphatic hydroxyl groups excluding tert-OH is 4. The van der Waals surface area contributed by atoms with Gasteiger partial charge in [-0.1, -0.05) is 0 Å². The predicted molar refractivity (Wildman–Crippen MR) is 45.2 cm³/mol. The van der Waals surface area contributed by atoms with Gasteiger partial charge in [-0.3, -0.25) is 0 Å². The van der Waals surface area contributed by atoms with E-state index in [4.69, 9.17) is 21.1 Å². The van der Waals surface area contributed by atoms with Crippen molar-refractivity contribution in [2.24, 2.45) is 5.73 Å². The van der Waals surface area contributed by atoms with Gasteiger partial charge < -0.3 is 30.9 Å². The number of hydrogen-bond donors (Lipinski definition) is 5. The average molecular weight is 216 g/mol. The lowest BCUT2D eigenvalue weighted by Crippen LogP contribution is -2.62. The Morgan fingerprint density at radius 1 is 1.15 bits per heavy atom. The van der Waals surface area contributed by atoms with Crippen molar-refractivity contribution in [2.45, 2.75) is 30.6 Å². The van der Waals surface area contributed by atoms with E-state index in [2.05, 4.69) is 4.74 Å². The van der Waals surface area contributed by atoms with Crippen LogP contribution in [0.1, 0.15) is 0 Å². The molecule has 0 bridgehead atoms. The Kier molecular flexibility index (Phi) is 5.08. The van der Waals surface area contributed by atoms with Crippen LogP contribution in [0.15, 0.2) is 0 Å². The van der Waals surface area contributed by atoms with Crippen LogP contribution in [0.25, 0.3) is 0 Å². The molecule has 80 valence electrons. The van der Waals surface area contributed by atoms with E-state index >= 15 is 0 Å². The molecule has 5 atom stereocenters. The van der Waals surface area contributed by atoms with Crippen LogP contribution in [0.2, 0.25) is 0 Å². The van der Waals surface area contributed by atoms with Crippen LogP contribution in [-0.2, 0) is 4.74 Å². The summed E-state index contributed by atoms with van der Waals surface area (Å²) in [7, 11) is 0. The molecule has 1 saturated heterocycles. The van der Waals surface area contributed by atoms with Gasteiger partial charge in [-0.25, -0.2) is 0 Å². The molecule has 1 fully saturated rings. The third-order valence-electron chi connectivity index (χ3n) is 1.96. The number of ether oxygens (including phenoxy) is 1. The zero-order valence-corrected chi connectivity index (χ0v) is 7.59. The van der Waals surface area contributed by atoms with E-state index < -0.39 is 37.3 Å². The molecule has 0 aliphatic carbocycles. The van der Waals surface area contributed by atoms with Gasteiger partial charge in [0.1, 0.15) is 18.3 Å². The van der Waals surface area contributed by atoms with Gasteiger partial charge >= 0.3 is 0 Å². The van der Waals surface area contributed by atoms with Gasteiger partial charge in [0.05, 0.1) is 12.6 Å². The molecule has 6 N–H and O–H groups in total. The number of nitrogens with two attached hydrogens (primary N) is 1. The standard InChI is InChI=1S/C6H13NO5.ClH/c7-3-4(9)2(1-8)12-6(11)5(3)10;/h2-6,8-11H,1,7H2;1H/t2?,3-,4-,5?,6-;/m1./s1. The second kappa shape index (κ2) is 5.06. The Morgan fingerprint density at radius 3 is 2.15 bits per heavy atom. The molecule has 6 nitrogen and oxygen atoms in total. The first kappa shape index (κ1) is 13.1. The van der Waals surface area contributed by atoms with Gasteiger partial charge in [0.25, 0.3) is 0 Å². The summed E-state index contributed by atoms with van der Waals surface area (Å²) in [5, 5.41) is 36.0. The fourth-order valence-electron chi connectivity index (χ4n) is 1.13. The molecule has 0 spiro atoms. The lowest BCUT2D eigenvalue weighted by Gasteiger charge is -2.38. The summed E-state index contributed by atoms with van der Waals surface area (Å²) < 4.78 is 4.66.